The molecule has 8 rings (SSSR count). The maximum absolute atomic E-state index is 14.6. The topological polar surface area (TPSA) is 284 Å². The van der Waals surface area contributed by atoms with E-state index in [-0.39, 0.29) is 50.3 Å². The molecule has 4 aromatic carbocycles. The molecule has 300 valence electrons. The van der Waals surface area contributed by atoms with E-state index in [0.29, 0.717) is 5.56 Å². The molecule has 1 unspecified atom stereocenters. The van der Waals surface area contributed by atoms with Crippen LogP contribution < -0.4 is 4.74 Å². The van der Waals surface area contributed by atoms with Crippen LogP contribution in [0.4, 0.5) is 0 Å². The highest BCUT2D eigenvalue weighted by atomic mass is 16.7. The Bertz CT molecular complexity index is 2360. The Labute approximate surface area is 323 Å². The normalized spacial score (nSPS) is 31.9. The van der Waals surface area contributed by atoms with Crippen LogP contribution in [0.5, 0.6) is 28.7 Å². The molecule has 11 N–H and O–H groups in total. The predicted molar refractivity (Wildman–Crippen MR) is 193 cm³/mol. The summed E-state index contributed by atoms with van der Waals surface area (Å²) in [5, 5.41) is 123. The van der Waals surface area contributed by atoms with E-state index in [1.807, 2.05) is 0 Å². The number of rotatable bonds is 4. The van der Waals surface area contributed by atoms with Gasteiger partial charge >= 0.3 is 0 Å². The number of benzene rings is 4. The molecule has 11 atom stereocenters. The number of ketones is 2. The summed E-state index contributed by atoms with van der Waals surface area (Å²) in [7, 11) is 0. The number of aliphatic hydroxyl groups is 7. The Kier molecular flexibility index (Phi) is 9.16. The average molecular weight is 789 g/mol. The number of aromatic hydroxyl groups is 4. The smallest absolute Gasteiger partial charge is 0.228 e. The Morgan fingerprint density at radius 1 is 0.702 bits per heavy atom. The number of aryl methyl sites for hydroxylation is 2. The Morgan fingerprint density at radius 2 is 1.39 bits per heavy atom. The first kappa shape index (κ1) is 38.7. The SMILES string of the molecule is Cc1cc(O)c2c(c1)C(O)([C@@H]1O[C@@H](C)[C@H](O)[C@@H](O)[C@H]1O)c1ccc([C@H]3c4cccc(O)c4C(=O)c4c(O)cc(C)c(O[C@@H]5OC[C@@H](O)[C@H](O)[C@H]5O)c43)c(O)c1C2=O. The third-order valence-electron chi connectivity index (χ3n) is 11.6. The van der Waals surface area contributed by atoms with Crippen molar-refractivity contribution in [2.75, 3.05) is 6.61 Å². The summed E-state index contributed by atoms with van der Waals surface area (Å²) in [6.45, 7) is 4.02. The number of phenols is 4. The molecule has 2 fully saturated rings. The van der Waals surface area contributed by atoms with Crippen molar-refractivity contribution < 1.29 is 80.0 Å². The molecule has 16 nitrogen and oxygen atoms in total. The molecule has 4 aromatic rings. The van der Waals surface area contributed by atoms with Crippen LogP contribution >= 0.6 is 0 Å². The van der Waals surface area contributed by atoms with Gasteiger partial charge in [0.25, 0.3) is 0 Å². The summed E-state index contributed by atoms with van der Waals surface area (Å²) in [5.41, 5.74) is -4.45. The van der Waals surface area contributed by atoms with Gasteiger partial charge in [0.1, 0.15) is 77.1 Å². The number of aliphatic hydroxyl groups excluding tert-OH is 6. The van der Waals surface area contributed by atoms with Crippen LogP contribution in [-0.4, -0.2) is 129 Å². The van der Waals surface area contributed by atoms with Crippen molar-refractivity contribution in [2.24, 2.45) is 0 Å². The second kappa shape index (κ2) is 13.5. The summed E-state index contributed by atoms with van der Waals surface area (Å²) < 4.78 is 17.6. The molecular weight excluding hydrogens is 748 g/mol. The van der Waals surface area contributed by atoms with Crippen LogP contribution in [0.2, 0.25) is 0 Å². The van der Waals surface area contributed by atoms with Gasteiger partial charge in [-0.2, -0.15) is 0 Å². The number of ether oxygens (including phenoxy) is 3. The molecule has 16 heteroatoms. The molecule has 2 aliphatic heterocycles. The highest BCUT2D eigenvalue weighted by Crippen LogP contribution is 2.56. The van der Waals surface area contributed by atoms with Gasteiger partial charge in [-0.15, -0.1) is 0 Å². The highest BCUT2D eigenvalue weighted by Gasteiger charge is 2.58. The van der Waals surface area contributed by atoms with Crippen LogP contribution in [0, 0.1) is 13.8 Å². The summed E-state index contributed by atoms with van der Waals surface area (Å²) >= 11 is 0. The fourth-order valence-electron chi connectivity index (χ4n) is 8.79. The minimum atomic E-state index is -2.58. The molecule has 0 radical (unpaired) electrons. The van der Waals surface area contributed by atoms with Crippen molar-refractivity contribution >= 4 is 11.6 Å². The zero-order valence-corrected chi connectivity index (χ0v) is 30.6. The van der Waals surface area contributed by atoms with Crippen molar-refractivity contribution in [3.8, 4) is 28.7 Å². The van der Waals surface area contributed by atoms with Gasteiger partial charge in [0.05, 0.1) is 35.0 Å². The monoisotopic (exact) mass is 788 g/mol. The van der Waals surface area contributed by atoms with Gasteiger partial charge in [-0.05, 0) is 55.7 Å². The first-order chi connectivity index (χ1) is 26.9. The predicted octanol–water partition coefficient (Wildman–Crippen LogP) is 0.319. The largest absolute Gasteiger partial charge is 0.507 e. The molecule has 0 aromatic heterocycles. The summed E-state index contributed by atoms with van der Waals surface area (Å²) in [6, 6.07) is 10.5. The molecule has 0 bridgehead atoms. The first-order valence-corrected chi connectivity index (χ1v) is 18.1. The average Bonchev–Trinajstić information content (AvgIpc) is 3.15. The van der Waals surface area contributed by atoms with Crippen molar-refractivity contribution in [1.29, 1.82) is 0 Å². The fourth-order valence-corrected chi connectivity index (χ4v) is 8.79. The molecule has 2 aliphatic carbocycles. The fraction of sp³-hybridized carbons (Fsp3) is 0.366. The van der Waals surface area contributed by atoms with Crippen LogP contribution in [0.3, 0.4) is 0 Å². The van der Waals surface area contributed by atoms with Crippen LogP contribution in [0.25, 0.3) is 0 Å². The van der Waals surface area contributed by atoms with Gasteiger partial charge in [0.15, 0.2) is 0 Å². The van der Waals surface area contributed by atoms with Crippen molar-refractivity contribution in [1.82, 2.24) is 0 Å². The van der Waals surface area contributed by atoms with Gasteiger partial charge in [-0.3, -0.25) is 9.59 Å². The van der Waals surface area contributed by atoms with E-state index < -0.39 is 119 Å². The van der Waals surface area contributed by atoms with E-state index in [1.54, 1.807) is 6.92 Å². The summed E-state index contributed by atoms with van der Waals surface area (Å²) in [5.74, 6) is -5.83. The number of carbonyl (C=O) groups excluding carboxylic acids is 2. The van der Waals surface area contributed by atoms with E-state index in [0.717, 1.165) is 0 Å². The molecular formula is C41H40O16. The lowest BCUT2D eigenvalue weighted by Crippen LogP contribution is -2.64. The molecule has 4 aliphatic rings. The Morgan fingerprint density at radius 3 is 2.11 bits per heavy atom. The molecule has 2 heterocycles. The molecule has 57 heavy (non-hydrogen) atoms. The van der Waals surface area contributed by atoms with Crippen LogP contribution in [0.15, 0.2) is 48.5 Å². The van der Waals surface area contributed by atoms with E-state index in [2.05, 4.69) is 0 Å². The minimum Gasteiger partial charge on any atom is -0.507 e. The zero-order chi connectivity index (χ0) is 41.2. The van der Waals surface area contributed by atoms with E-state index in [9.17, 15) is 65.8 Å². The molecule has 0 spiro atoms. The van der Waals surface area contributed by atoms with Crippen LogP contribution in [-0.2, 0) is 15.1 Å². The third-order valence-corrected chi connectivity index (χ3v) is 11.6. The Hall–Kier alpha value is -5.14. The van der Waals surface area contributed by atoms with Gasteiger partial charge in [0, 0.05) is 28.2 Å². The lowest BCUT2D eigenvalue weighted by molar-refractivity contribution is -0.256. The second-order valence-corrected chi connectivity index (χ2v) is 15.2. The van der Waals surface area contributed by atoms with Gasteiger partial charge in [-0.1, -0.05) is 30.3 Å². The lowest BCUT2D eigenvalue weighted by atomic mass is 9.66. The third kappa shape index (κ3) is 5.48. The maximum Gasteiger partial charge on any atom is 0.228 e. The van der Waals surface area contributed by atoms with Crippen molar-refractivity contribution in [2.45, 2.75) is 87.4 Å². The van der Waals surface area contributed by atoms with Gasteiger partial charge in [0.2, 0.25) is 17.9 Å². The number of carbonyl (C=O) groups is 2. The second-order valence-electron chi connectivity index (χ2n) is 15.2. The van der Waals surface area contributed by atoms with Crippen molar-refractivity contribution in [3.05, 3.63) is 110 Å². The Balaban J connectivity index is 1.40. The quantitative estimate of drug-likeness (QED) is 0.117. The highest BCUT2D eigenvalue weighted by molar-refractivity contribution is 6.18. The zero-order valence-electron chi connectivity index (χ0n) is 30.6. The van der Waals surface area contributed by atoms with Crippen molar-refractivity contribution in [3.63, 3.8) is 0 Å². The molecule has 0 saturated carbocycles. The summed E-state index contributed by atoms with van der Waals surface area (Å²) in [4.78, 5) is 28.8. The van der Waals surface area contributed by atoms with E-state index in [4.69, 9.17) is 14.2 Å². The maximum atomic E-state index is 14.6. The molecule has 0 amide bonds. The number of hydrogen-bond acceptors (Lipinski definition) is 16. The van der Waals surface area contributed by atoms with Gasteiger partial charge in [-0.25, -0.2) is 0 Å². The minimum absolute atomic E-state index is 0.0625. The number of hydrogen-bond donors (Lipinski definition) is 11. The first-order valence-electron chi connectivity index (χ1n) is 18.1. The lowest BCUT2D eigenvalue weighted by Gasteiger charge is -2.49. The van der Waals surface area contributed by atoms with Crippen LogP contribution in [0.1, 0.15) is 83.6 Å². The number of phenolic OH excluding ortho intramolecular Hbond substituents is 4. The number of fused-ring (bicyclic) bond motifs is 4. The molecule has 2 saturated heterocycles. The van der Waals surface area contributed by atoms with E-state index >= 15 is 0 Å². The van der Waals surface area contributed by atoms with E-state index in [1.165, 1.54) is 62.4 Å². The van der Waals surface area contributed by atoms with Gasteiger partial charge < -0.3 is 70.4 Å². The standard InChI is InChI=1S/C41H40O16/c1-13-9-19-26(21(43)10-13)34(50)27-18(41(19,54)39-36(52)35(51)30(46)15(3)56-39)8-7-17(31(27)47)24-16-5-4-6-20(42)25(16)33(49)28-22(44)11-14(2)38(29(24)28)57-40-37(53)32(48)23(45)12-55-40/h4-11,15,23-24,30,32,35-37,39-40,42-48,51-54H,12H2,1-3H3/t15-,23+,24+,30-,32-,35+,36+,37+,39+,40-,41?/m0/s1. The summed E-state index contributed by atoms with van der Waals surface area (Å²) in [6.07, 6.45) is -14.9.